The second-order valence-electron chi connectivity index (χ2n) is 8.27. The molecule has 0 N–H and O–H groups in total. The molecule has 1 aromatic heterocycles. The zero-order chi connectivity index (χ0) is 24.0. The van der Waals surface area contributed by atoms with Crippen molar-refractivity contribution >= 4 is 12.0 Å². The molecule has 33 heavy (non-hydrogen) atoms. The number of ether oxygens (including phenoxy) is 1. The average Bonchev–Trinajstić information content (AvgIpc) is 3.04. The van der Waals surface area contributed by atoms with Gasteiger partial charge in [-0.2, -0.15) is 13.2 Å². The molecule has 0 saturated carbocycles. The number of hydrogen-bond donors (Lipinski definition) is 0. The molecule has 0 unspecified atom stereocenters. The van der Waals surface area contributed by atoms with Crippen LogP contribution < -0.4 is 0 Å². The van der Waals surface area contributed by atoms with Gasteiger partial charge in [-0.25, -0.2) is 18.6 Å². The summed E-state index contributed by atoms with van der Waals surface area (Å²) in [6.07, 6.45) is -4.50. The molecule has 2 aliphatic heterocycles. The van der Waals surface area contributed by atoms with Crippen molar-refractivity contribution < 1.29 is 36.3 Å². The SMILES string of the molecule is Cc1nc(C(F)(F)F)ccc1C(=O)N1CCC2(CC1)CN(Cc1ccc(F)c(F)c1)C(=O)O2. The molecule has 1 spiro atoms. The molecule has 1 aromatic carbocycles. The molecule has 4 rings (SSSR count). The lowest BCUT2D eigenvalue weighted by Gasteiger charge is -2.37. The van der Waals surface area contributed by atoms with Crippen molar-refractivity contribution in [1.82, 2.24) is 14.8 Å². The Bertz CT molecular complexity index is 1100. The number of likely N-dealkylation sites (tertiary alicyclic amines) is 1. The predicted octanol–water partition coefficient (Wildman–Crippen LogP) is 4.31. The van der Waals surface area contributed by atoms with Gasteiger partial charge < -0.3 is 9.64 Å². The number of piperidine rings is 1. The Balaban J connectivity index is 1.39. The number of carbonyl (C=O) groups is 2. The molecule has 176 valence electrons. The standard InChI is InChI=1S/C22H20F5N3O3/c1-13-15(3-5-18(28-13)22(25,26)27)19(31)29-8-6-21(7-9-29)12-30(20(32)33-21)11-14-2-4-16(23)17(24)10-14/h2-5,10H,6-9,11-12H2,1H3. The third-order valence-corrected chi connectivity index (χ3v) is 5.97. The molecule has 11 heteroatoms. The predicted molar refractivity (Wildman–Crippen MR) is 105 cm³/mol. The quantitative estimate of drug-likeness (QED) is 0.629. The van der Waals surface area contributed by atoms with Crippen LogP contribution in [-0.4, -0.2) is 52.0 Å². The van der Waals surface area contributed by atoms with Gasteiger partial charge in [0, 0.05) is 32.5 Å². The average molecular weight is 469 g/mol. The largest absolute Gasteiger partial charge is 0.441 e. The highest BCUT2D eigenvalue weighted by Gasteiger charge is 2.47. The molecule has 2 aliphatic rings. The Morgan fingerprint density at radius 2 is 1.82 bits per heavy atom. The lowest BCUT2D eigenvalue weighted by Crippen LogP contribution is -2.48. The number of aryl methyl sites for hydroxylation is 1. The number of nitrogens with zero attached hydrogens (tertiary/aromatic N) is 3. The van der Waals surface area contributed by atoms with Gasteiger partial charge in [0.25, 0.3) is 5.91 Å². The van der Waals surface area contributed by atoms with E-state index in [0.717, 1.165) is 24.3 Å². The maximum Gasteiger partial charge on any atom is 0.433 e. The Morgan fingerprint density at radius 1 is 1.12 bits per heavy atom. The first-order chi connectivity index (χ1) is 15.5. The van der Waals surface area contributed by atoms with Gasteiger partial charge in [-0.05, 0) is 36.8 Å². The fourth-order valence-corrected chi connectivity index (χ4v) is 4.17. The van der Waals surface area contributed by atoms with Crippen molar-refractivity contribution in [3.05, 3.63) is 64.5 Å². The maximum atomic E-state index is 13.5. The Labute approximate surface area is 185 Å². The summed E-state index contributed by atoms with van der Waals surface area (Å²) in [5.74, 6) is -2.42. The molecule has 2 saturated heterocycles. The first kappa shape index (κ1) is 22.9. The molecule has 0 bridgehead atoms. The highest BCUT2D eigenvalue weighted by atomic mass is 19.4. The normalized spacial score (nSPS) is 18.1. The molecule has 0 radical (unpaired) electrons. The van der Waals surface area contributed by atoms with Crippen LogP contribution in [0.3, 0.4) is 0 Å². The molecule has 3 heterocycles. The number of amides is 2. The molecule has 6 nitrogen and oxygen atoms in total. The first-order valence-electron chi connectivity index (χ1n) is 10.2. The summed E-state index contributed by atoms with van der Waals surface area (Å²) in [4.78, 5) is 31.6. The van der Waals surface area contributed by atoms with Crippen LogP contribution >= 0.6 is 0 Å². The summed E-state index contributed by atoms with van der Waals surface area (Å²) >= 11 is 0. The van der Waals surface area contributed by atoms with Crippen LogP contribution in [0.5, 0.6) is 0 Å². The summed E-state index contributed by atoms with van der Waals surface area (Å²) in [5.41, 5.74) is -1.39. The fraction of sp³-hybridized carbons (Fsp3) is 0.409. The minimum absolute atomic E-state index is 0.0138. The molecule has 0 aliphatic carbocycles. The van der Waals surface area contributed by atoms with E-state index in [0.29, 0.717) is 18.4 Å². The number of halogens is 5. The number of aromatic nitrogens is 1. The number of alkyl halides is 3. The Kier molecular flexibility index (Phi) is 5.75. The molecule has 2 fully saturated rings. The second-order valence-corrected chi connectivity index (χ2v) is 8.27. The van der Waals surface area contributed by atoms with Crippen molar-refractivity contribution in [3.63, 3.8) is 0 Å². The lowest BCUT2D eigenvalue weighted by molar-refractivity contribution is -0.141. The third kappa shape index (κ3) is 4.62. The third-order valence-electron chi connectivity index (χ3n) is 5.97. The summed E-state index contributed by atoms with van der Waals surface area (Å²) in [6.45, 7) is 2.12. The minimum atomic E-state index is -4.60. The van der Waals surface area contributed by atoms with Crippen LogP contribution in [0.2, 0.25) is 0 Å². The highest BCUT2D eigenvalue weighted by molar-refractivity contribution is 5.95. The van der Waals surface area contributed by atoms with Crippen molar-refractivity contribution in [2.24, 2.45) is 0 Å². The van der Waals surface area contributed by atoms with E-state index >= 15 is 0 Å². The Hall–Kier alpha value is -3.24. The van der Waals surface area contributed by atoms with Gasteiger partial charge in [0.1, 0.15) is 11.3 Å². The van der Waals surface area contributed by atoms with Crippen LogP contribution in [0.25, 0.3) is 0 Å². The van der Waals surface area contributed by atoms with Gasteiger partial charge in [-0.3, -0.25) is 9.69 Å². The molecule has 2 amide bonds. The van der Waals surface area contributed by atoms with E-state index in [4.69, 9.17) is 4.74 Å². The second kappa shape index (κ2) is 8.27. The van der Waals surface area contributed by atoms with E-state index in [9.17, 15) is 31.5 Å². The van der Waals surface area contributed by atoms with Crippen molar-refractivity contribution in [2.75, 3.05) is 19.6 Å². The topological polar surface area (TPSA) is 62.7 Å². The molecule has 2 aromatic rings. The number of pyridine rings is 1. The molecule has 0 atom stereocenters. The van der Waals surface area contributed by atoms with E-state index in [1.165, 1.54) is 22.8 Å². The van der Waals surface area contributed by atoms with Crippen LogP contribution in [0.4, 0.5) is 26.7 Å². The highest BCUT2D eigenvalue weighted by Crippen LogP contribution is 2.35. The van der Waals surface area contributed by atoms with Gasteiger partial charge in [-0.15, -0.1) is 0 Å². The summed E-state index contributed by atoms with van der Waals surface area (Å²) in [5, 5.41) is 0. The molecular weight excluding hydrogens is 449 g/mol. The van der Waals surface area contributed by atoms with Gasteiger partial charge in [0.15, 0.2) is 11.6 Å². The van der Waals surface area contributed by atoms with Crippen molar-refractivity contribution in [2.45, 2.75) is 38.1 Å². The van der Waals surface area contributed by atoms with E-state index in [2.05, 4.69) is 4.98 Å². The number of rotatable bonds is 3. The number of hydrogen-bond acceptors (Lipinski definition) is 4. The van der Waals surface area contributed by atoms with E-state index in [-0.39, 0.29) is 37.4 Å². The van der Waals surface area contributed by atoms with E-state index < -0.39 is 41.1 Å². The van der Waals surface area contributed by atoms with Crippen LogP contribution in [-0.2, 0) is 17.5 Å². The monoisotopic (exact) mass is 469 g/mol. The van der Waals surface area contributed by atoms with Crippen molar-refractivity contribution in [3.8, 4) is 0 Å². The summed E-state index contributed by atoms with van der Waals surface area (Å²) in [7, 11) is 0. The smallest absolute Gasteiger partial charge is 0.433 e. The number of carbonyl (C=O) groups excluding carboxylic acids is 2. The van der Waals surface area contributed by atoms with Gasteiger partial charge >= 0.3 is 12.3 Å². The van der Waals surface area contributed by atoms with Gasteiger partial charge in [0.05, 0.1) is 17.8 Å². The first-order valence-corrected chi connectivity index (χ1v) is 10.2. The summed E-state index contributed by atoms with van der Waals surface area (Å²) < 4.78 is 70.6. The maximum absolute atomic E-state index is 13.5. The van der Waals surface area contributed by atoms with E-state index in [1.807, 2.05) is 0 Å². The zero-order valence-electron chi connectivity index (χ0n) is 17.6. The Morgan fingerprint density at radius 3 is 2.42 bits per heavy atom. The minimum Gasteiger partial charge on any atom is -0.441 e. The number of benzene rings is 1. The van der Waals surface area contributed by atoms with Gasteiger partial charge in [0.2, 0.25) is 0 Å². The molecular formula is C22H20F5N3O3. The zero-order valence-corrected chi connectivity index (χ0v) is 17.6. The fourth-order valence-electron chi connectivity index (χ4n) is 4.17. The van der Waals surface area contributed by atoms with Crippen LogP contribution in [0.15, 0.2) is 30.3 Å². The lowest BCUT2D eigenvalue weighted by atomic mass is 9.91. The van der Waals surface area contributed by atoms with Crippen molar-refractivity contribution in [1.29, 1.82) is 0 Å². The van der Waals surface area contributed by atoms with Gasteiger partial charge in [-0.1, -0.05) is 6.07 Å². The van der Waals surface area contributed by atoms with E-state index in [1.54, 1.807) is 0 Å². The van der Waals surface area contributed by atoms with Crippen LogP contribution in [0.1, 0.15) is 40.2 Å². The summed E-state index contributed by atoms with van der Waals surface area (Å²) in [6, 6.07) is 5.30. The van der Waals surface area contributed by atoms with Crippen LogP contribution in [0, 0.1) is 18.6 Å².